The van der Waals surface area contributed by atoms with Gasteiger partial charge in [0.1, 0.15) is 4.88 Å². The van der Waals surface area contributed by atoms with E-state index in [0.29, 0.717) is 22.6 Å². The third-order valence-electron chi connectivity index (χ3n) is 4.56. The highest BCUT2D eigenvalue weighted by Crippen LogP contribution is 2.42. The number of carbonyl (C=O) groups excluding carboxylic acids is 1. The molecule has 24 heavy (non-hydrogen) atoms. The minimum atomic E-state index is -0.267. The summed E-state index contributed by atoms with van der Waals surface area (Å²) in [7, 11) is 1.40. The summed E-state index contributed by atoms with van der Waals surface area (Å²) in [6.45, 7) is 2.42. The predicted molar refractivity (Wildman–Crippen MR) is 103 cm³/mol. The summed E-state index contributed by atoms with van der Waals surface area (Å²) in [6.07, 6.45) is 4.03. The molecular formula is C17H25Cl3O3S. The molecule has 1 aromatic heterocycles. The van der Waals surface area contributed by atoms with Crippen molar-refractivity contribution in [3.63, 3.8) is 0 Å². The van der Waals surface area contributed by atoms with Crippen LogP contribution in [0.15, 0.2) is 12.1 Å². The molecule has 0 saturated heterocycles. The summed E-state index contributed by atoms with van der Waals surface area (Å²) in [5, 5.41) is 9.91. The summed E-state index contributed by atoms with van der Waals surface area (Å²) in [5.41, 5.74) is 0. The van der Waals surface area contributed by atoms with Crippen molar-refractivity contribution in [2.75, 3.05) is 19.1 Å². The van der Waals surface area contributed by atoms with Gasteiger partial charge in [0.25, 0.3) is 0 Å². The van der Waals surface area contributed by atoms with E-state index in [1.165, 1.54) is 23.3 Å². The summed E-state index contributed by atoms with van der Waals surface area (Å²) in [6, 6.07) is 3.82. The molecule has 0 amide bonds. The molecule has 1 aromatic rings. The first-order valence-electron chi connectivity index (χ1n) is 8.02. The topological polar surface area (TPSA) is 46.5 Å². The number of aryl methyl sites for hydroxylation is 1. The van der Waals surface area contributed by atoms with Gasteiger partial charge in [-0.3, -0.25) is 0 Å². The fourth-order valence-corrected chi connectivity index (χ4v) is 4.90. The summed E-state index contributed by atoms with van der Waals surface area (Å²) < 4.78 is 4.72. The average Bonchev–Trinajstić information content (AvgIpc) is 3.12. The van der Waals surface area contributed by atoms with Crippen LogP contribution in [0.25, 0.3) is 0 Å². The highest BCUT2D eigenvalue weighted by Gasteiger charge is 2.38. The first-order valence-corrected chi connectivity index (χ1v) is 10.3. The van der Waals surface area contributed by atoms with Gasteiger partial charge in [0.2, 0.25) is 0 Å². The van der Waals surface area contributed by atoms with Gasteiger partial charge in [0, 0.05) is 16.9 Å². The van der Waals surface area contributed by atoms with E-state index in [-0.39, 0.29) is 23.3 Å². The Hall–Kier alpha value is -0.000000000000000111. The second kappa shape index (κ2) is 11.6. The number of carbonyl (C=O) groups is 1. The van der Waals surface area contributed by atoms with E-state index in [9.17, 15) is 9.90 Å². The normalized spacial score (nSPS) is 25.9. The van der Waals surface area contributed by atoms with Crippen LogP contribution in [0.3, 0.4) is 0 Å². The van der Waals surface area contributed by atoms with Crippen molar-refractivity contribution in [3.8, 4) is 0 Å². The highest BCUT2D eigenvalue weighted by molar-refractivity contribution is 7.13. The Morgan fingerprint density at radius 1 is 1.38 bits per heavy atom. The lowest BCUT2D eigenvalue weighted by Gasteiger charge is -2.21. The van der Waals surface area contributed by atoms with E-state index in [4.69, 9.17) is 39.5 Å². The Morgan fingerprint density at radius 3 is 2.62 bits per heavy atom. The Morgan fingerprint density at radius 2 is 2.04 bits per heavy atom. The molecule has 0 bridgehead atoms. The Kier molecular flexibility index (Phi) is 10.6. The number of hydrogen-bond acceptors (Lipinski definition) is 4. The van der Waals surface area contributed by atoms with Crippen LogP contribution in [0, 0.1) is 17.8 Å². The number of ether oxygens (including phenoxy) is 1. The number of rotatable bonds is 6. The van der Waals surface area contributed by atoms with Crippen LogP contribution in [0.4, 0.5) is 0 Å². The van der Waals surface area contributed by atoms with Crippen molar-refractivity contribution in [3.05, 3.63) is 21.9 Å². The molecule has 4 atom stereocenters. The minimum Gasteiger partial charge on any atom is -0.465 e. The number of halogens is 3. The second-order valence-electron chi connectivity index (χ2n) is 5.99. The van der Waals surface area contributed by atoms with Gasteiger partial charge in [-0.05, 0) is 55.6 Å². The predicted octanol–water partition coefficient (Wildman–Crippen LogP) is 5.15. The molecule has 138 valence electrons. The number of alkyl halides is 3. The Bertz CT molecular complexity index is 495. The van der Waals surface area contributed by atoms with Gasteiger partial charge >= 0.3 is 5.97 Å². The molecule has 0 spiro atoms. The van der Waals surface area contributed by atoms with Crippen LogP contribution in [-0.4, -0.2) is 35.5 Å². The third kappa shape index (κ3) is 6.38. The molecule has 1 fully saturated rings. The molecule has 3 nitrogen and oxygen atoms in total. The fourth-order valence-electron chi connectivity index (χ4n) is 3.34. The van der Waals surface area contributed by atoms with E-state index < -0.39 is 0 Å². The molecule has 1 saturated carbocycles. The number of esters is 1. The smallest absolute Gasteiger partial charge is 0.348 e. The SMILES string of the molecule is COC(=O)c1ccc(CCC[C@@H]2[C@@H](CO)[C@H](C)C[C@H]2Cl)s1.ClCCl. The van der Waals surface area contributed by atoms with E-state index >= 15 is 0 Å². The van der Waals surface area contributed by atoms with Crippen molar-refractivity contribution in [1.29, 1.82) is 0 Å². The number of hydrogen-bond donors (Lipinski definition) is 1. The van der Waals surface area contributed by atoms with Crippen molar-refractivity contribution in [1.82, 2.24) is 0 Å². The molecule has 1 aliphatic rings. The monoisotopic (exact) mass is 414 g/mol. The first-order chi connectivity index (χ1) is 11.5. The molecule has 1 aliphatic carbocycles. The third-order valence-corrected chi connectivity index (χ3v) is 6.19. The van der Waals surface area contributed by atoms with E-state index in [0.717, 1.165) is 25.7 Å². The van der Waals surface area contributed by atoms with Crippen LogP contribution in [-0.2, 0) is 11.2 Å². The zero-order chi connectivity index (χ0) is 18.1. The maximum absolute atomic E-state index is 11.4. The van der Waals surface area contributed by atoms with Gasteiger partial charge in [-0.2, -0.15) is 0 Å². The lowest BCUT2D eigenvalue weighted by Crippen LogP contribution is -2.20. The van der Waals surface area contributed by atoms with Gasteiger partial charge in [0.15, 0.2) is 0 Å². The molecule has 1 heterocycles. The van der Waals surface area contributed by atoms with Crippen molar-refractivity contribution >= 4 is 52.1 Å². The van der Waals surface area contributed by atoms with Gasteiger partial charge in [0.05, 0.1) is 12.4 Å². The molecular weight excluding hydrogens is 391 g/mol. The molecule has 0 unspecified atom stereocenters. The minimum absolute atomic E-state index is 0.186. The van der Waals surface area contributed by atoms with Crippen molar-refractivity contribution < 1.29 is 14.6 Å². The second-order valence-corrected chi connectivity index (χ2v) is 8.53. The maximum atomic E-state index is 11.4. The molecule has 7 heteroatoms. The average molecular weight is 416 g/mol. The quantitative estimate of drug-likeness (QED) is 0.516. The Balaban J connectivity index is 0.000000891. The van der Waals surface area contributed by atoms with Crippen LogP contribution in [0.1, 0.15) is 40.7 Å². The number of thiophene rings is 1. The van der Waals surface area contributed by atoms with Gasteiger partial charge < -0.3 is 9.84 Å². The fraction of sp³-hybridized carbons (Fsp3) is 0.706. The Labute approximate surface area is 163 Å². The van der Waals surface area contributed by atoms with Gasteiger partial charge in [-0.25, -0.2) is 4.79 Å². The summed E-state index contributed by atoms with van der Waals surface area (Å²) in [4.78, 5) is 13.3. The number of methoxy groups -OCH3 is 1. The molecule has 2 rings (SSSR count). The molecule has 1 N–H and O–H groups in total. The molecule has 0 radical (unpaired) electrons. The van der Waals surface area contributed by atoms with Crippen LogP contribution < -0.4 is 0 Å². The highest BCUT2D eigenvalue weighted by atomic mass is 35.5. The van der Waals surface area contributed by atoms with Crippen LogP contribution >= 0.6 is 46.1 Å². The van der Waals surface area contributed by atoms with Gasteiger partial charge in [-0.15, -0.1) is 46.1 Å². The summed E-state index contributed by atoms with van der Waals surface area (Å²) >= 11 is 17.4. The molecule has 0 aromatic carbocycles. The lowest BCUT2D eigenvalue weighted by molar-refractivity contribution is 0.0606. The number of aliphatic hydroxyl groups excluding tert-OH is 1. The van der Waals surface area contributed by atoms with Crippen LogP contribution in [0.2, 0.25) is 0 Å². The van der Waals surface area contributed by atoms with Crippen LogP contribution in [0.5, 0.6) is 0 Å². The molecule has 0 aliphatic heterocycles. The summed E-state index contributed by atoms with van der Waals surface area (Å²) in [5.74, 6) is 0.986. The zero-order valence-corrected chi connectivity index (χ0v) is 17.1. The van der Waals surface area contributed by atoms with Crippen molar-refractivity contribution in [2.45, 2.75) is 38.0 Å². The van der Waals surface area contributed by atoms with Crippen molar-refractivity contribution in [2.24, 2.45) is 17.8 Å². The van der Waals surface area contributed by atoms with E-state index in [2.05, 4.69) is 6.92 Å². The standard InChI is InChI=1S/C16H23ClO3S.CH2Cl2/c1-10-8-14(17)12(13(10)9-18)5-3-4-11-6-7-15(21-11)16(19)20-2;2-1-3/h6-7,10,12-14,18H,3-5,8-9H2,1-2H3;1H2/t10-,12-,13+,14-;/m1./s1. The first kappa shape index (κ1) is 22.0. The lowest BCUT2D eigenvalue weighted by atomic mass is 9.87. The van der Waals surface area contributed by atoms with E-state index in [1.54, 1.807) is 0 Å². The van der Waals surface area contributed by atoms with Gasteiger partial charge in [-0.1, -0.05) is 6.92 Å². The zero-order valence-electron chi connectivity index (χ0n) is 14.0. The number of aliphatic hydroxyl groups is 1. The largest absolute Gasteiger partial charge is 0.465 e. The van der Waals surface area contributed by atoms with E-state index in [1.807, 2.05) is 12.1 Å². The maximum Gasteiger partial charge on any atom is 0.348 e.